The highest BCUT2D eigenvalue weighted by molar-refractivity contribution is 7.91. The van der Waals surface area contributed by atoms with Gasteiger partial charge < -0.3 is 9.47 Å². The molecule has 1 aliphatic carbocycles. The molecular formula is C28H22N2O8S2. The van der Waals surface area contributed by atoms with Crippen LogP contribution in [0.2, 0.25) is 0 Å². The van der Waals surface area contributed by atoms with Crippen LogP contribution in [0.4, 0.5) is 0 Å². The van der Waals surface area contributed by atoms with Gasteiger partial charge in [-0.3, -0.25) is 9.59 Å². The second-order valence-electron chi connectivity index (χ2n) is 8.89. The number of carbonyl (C=O) groups excluding carboxylic acids is 2. The highest BCUT2D eigenvalue weighted by Gasteiger charge is 2.35. The van der Waals surface area contributed by atoms with Crippen LogP contribution in [-0.4, -0.2) is 52.6 Å². The Morgan fingerprint density at radius 3 is 1.25 bits per heavy atom. The molecule has 10 nitrogen and oxygen atoms in total. The van der Waals surface area contributed by atoms with Crippen molar-refractivity contribution in [3.05, 3.63) is 107 Å². The lowest BCUT2D eigenvalue weighted by molar-refractivity contribution is 0.0971. The number of nitrogens with zero attached hydrogens (tertiary/aromatic N) is 2. The van der Waals surface area contributed by atoms with Gasteiger partial charge in [-0.15, -0.1) is 0 Å². The Morgan fingerprint density at radius 2 is 0.925 bits per heavy atom. The number of methoxy groups -OCH3 is 2. The third-order valence-corrected chi connectivity index (χ3v) is 9.68. The second-order valence-corrected chi connectivity index (χ2v) is 12.9. The van der Waals surface area contributed by atoms with E-state index in [0.29, 0.717) is 11.5 Å². The summed E-state index contributed by atoms with van der Waals surface area (Å²) >= 11 is 0. The Balaban J connectivity index is 1.63. The van der Waals surface area contributed by atoms with Crippen LogP contribution in [0.3, 0.4) is 0 Å². The molecule has 0 amide bonds. The van der Waals surface area contributed by atoms with E-state index < -0.39 is 42.7 Å². The zero-order chi connectivity index (χ0) is 28.7. The summed E-state index contributed by atoms with van der Waals surface area (Å²) in [7, 11) is -5.26. The van der Waals surface area contributed by atoms with E-state index in [9.17, 15) is 26.4 Å². The van der Waals surface area contributed by atoms with E-state index in [2.05, 4.69) is 9.97 Å². The number of aromatic nitrogens is 2. The van der Waals surface area contributed by atoms with Gasteiger partial charge in [0, 0.05) is 11.1 Å². The van der Waals surface area contributed by atoms with Gasteiger partial charge in [-0.1, -0.05) is 24.3 Å². The lowest BCUT2D eigenvalue weighted by Crippen LogP contribution is -2.27. The van der Waals surface area contributed by atoms with E-state index in [4.69, 9.17) is 9.47 Å². The number of rotatable bonds is 8. The maximum Gasteiger partial charge on any atom is 0.214 e. The number of fused-ring (bicyclic) bond motifs is 2. The van der Waals surface area contributed by atoms with Crippen LogP contribution in [0, 0.1) is 0 Å². The molecule has 0 aliphatic heterocycles. The van der Waals surface area contributed by atoms with Crippen LogP contribution in [0.25, 0.3) is 0 Å². The normalized spacial score (nSPS) is 12.9. The largest absolute Gasteiger partial charge is 0.497 e. The Bertz CT molecular complexity index is 1730. The summed E-state index contributed by atoms with van der Waals surface area (Å²) in [5.74, 6) is -1.83. The van der Waals surface area contributed by atoms with Gasteiger partial charge >= 0.3 is 0 Å². The zero-order valence-electron chi connectivity index (χ0n) is 21.3. The fraction of sp³-hybridized carbons (Fsp3) is 0.143. The molecule has 1 aliphatic rings. The summed E-state index contributed by atoms with van der Waals surface area (Å²) in [5, 5.41) is 0. The molecule has 0 saturated heterocycles. The topological polar surface area (TPSA) is 147 Å². The summed E-state index contributed by atoms with van der Waals surface area (Å²) in [6.45, 7) is 0. The fourth-order valence-corrected chi connectivity index (χ4v) is 6.90. The second kappa shape index (κ2) is 10.3. The average Bonchev–Trinajstić information content (AvgIpc) is 2.96. The molecule has 0 radical (unpaired) electrons. The first kappa shape index (κ1) is 27.2. The molecule has 0 spiro atoms. The minimum absolute atomic E-state index is 0.0652. The first-order valence-corrected chi connectivity index (χ1v) is 15.2. The third-order valence-electron chi connectivity index (χ3n) is 6.39. The summed E-state index contributed by atoms with van der Waals surface area (Å²) in [6.07, 6.45) is 0. The summed E-state index contributed by atoms with van der Waals surface area (Å²) < 4.78 is 63.6. The van der Waals surface area contributed by atoms with Crippen molar-refractivity contribution in [2.45, 2.75) is 21.3 Å². The average molecular weight is 579 g/mol. The summed E-state index contributed by atoms with van der Waals surface area (Å²) in [6, 6.07) is 17.4. The quantitative estimate of drug-likeness (QED) is 0.269. The van der Waals surface area contributed by atoms with Crippen molar-refractivity contribution >= 4 is 31.2 Å². The van der Waals surface area contributed by atoms with Crippen LogP contribution in [0.5, 0.6) is 11.5 Å². The first-order chi connectivity index (χ1) is 19.0. The van der Waals surface area contributed by atoms with Crippen molar-refractivity contribution in [3.63, 3.8) is 0 Å². The molecule has 0 atom stereocenters. The van der Waals surface area contributed by atoms with Gasteiger partial charge in [0.15, 0.2) is 19.7 Å². The van der Waals surface area contributed by atoms with Crippen LogP contribution in [0.1, 0.15) is 43.5 Å². The third kappa shape index (κ3) is 4.98. The molecule has 0 fully saturated rings. The molecule has 0 unspecified atom stereocenters. The van der Waals surface area contributed by atoms with Crippen molar-refractivity contribution in [2.75, 3.05) is 14.2 Å². The molecule has 0 bridgehead atoms. The van der Waals surface area contributed by atoms with Crippen LogP contribution in [0.15, 0.2) is 82.6 Å². The highest BCUT2D eigenvalue weighted by atomic mass is 32.2. The van der Waals surface area contributed by atoms with Crippen molar-refractivity contribution in [2.24, 2.45) is 0 Å². The van der Waals surface area contributed by atoms with Crippen molar-refractivity contribution in [1.82, 2.24) is 9.97 Å². The van der Waals surface area contributed by atoms with Gasteiger partial charge in [0.25, 0.3) is 0 Å². The summed E-state index contributed by atoms with van der Waals surface area (Å²) in [5.41, 5.74) is -0.920. The molecule has 1 heterocycles. The predicted molar refractivity (Wildman–Crippen MR) is 143 cm³/mol. The van der Waals surface area contributed by atoms with Crippen LogP contribution in [-0.2, 0) is 31.2 Å². The molecule has 204 valence electrons. The monoisotopic (exact) mass is 578 g/mol. The minimum Gasteiger partial charge on any atom is -0.497 e. The zero-order valence-corrected chi connectivity index (χ0v) is 23.0. The Morgan fingerprint density at radius 1 is 0.575 bits per heavy atom. The van der Waals surface area contributed by atoms with E-state index in [-0.39, 0.29) is 43.7 Å². The van der Waals surface area contributed by atoms with E-state index in [1.54, 1.807) is 12.1 Å². The highest BCUT2D eigenvalue weighted by Crippen LogP contribution is 2.29. The number of ether oxygens (including phenoxy) is 2. The molecule has 5 rings (SSSR count). The van der Waals surface area contributed by atoms with E-state index in [1.807, 2.05) is 0 Å². The van der Waals surface area contributed by atoms with Crippen LogP contribution < -0.4 is 9.47 Å². The Kier molecular flexibility index (Phi) is 6.98. The van der Waals surface area contributed by atoms with E-state index >= 15 is 0 Å². The fourth-order valence-electron chi connectivity index (χ4n) is 4.28. The first-order valence-electron chi connectivity index (χ1n) is 11.9. The standard InChI is InChI=1S/C28H22N2O8S2/c1-37-17-7-11-19(12-8-17)39(33,34)15-23-24(16-40(35,36)20-13-9-18(38-2)10-14-20)30-26-25(29-23)27(31)21-5-3-4-6-22(21)28(26)32/h3-14H,15-16H2,1-2H3. The van der Waals surface area contributed by atoms with Gasteiger partial charge in [-0.05, 0) is 48.5 Å². The molecule has 4 aromatic rings. The number of ketones is 2. The Labute approximate surface area is 230 Å². The van der Waals surface area contributed by atoms with Crippen molar-refractivity contribution in [3.8, 4) is 11.5 Å². The number of hydrogen-bond donors (Lipinski definition) is 0. The molecule has 1 aromatic heterocycles. The van der Waals surface area contributed by atoms with Gasteiger partial charge in [-0.2, -0.15) is 0 Å². The molecule has 12 heteroatoms. The Hall–Kier alpha value is -4.42. The van der Waals surface area contributed by atoms with Gasteiger partial charge in [0.05, 0.1) is 46.9 Å². The van der Waals surface area contributed by atoms with E-state index in [0.717, 1.165) is 0 Å². The molecule has 3 aromatic carbocycles. The number of hydrogen-bond acceptors (Lipinski definition) is 10. The number of carbonyl (C=O) groups is 2. The molecular weight excluding hydrogens is 556 g/mol. The predicted octanol–water partition coefficient (Wildman–Crippen LogP) is 3.22. The van der Waals surface area contributed by atoms with Crippen molar-refractivity contribution < 1.29 is 35.9 Å². The maximum absolute atomic E-state index is 13.3. The number of sulfone groups is 2. The smallest absolute Gasteiger partial charge is 0.214 e. The molecule has 0 saturated carbocycles. The molecule has 0 N–H and O–H groups in total. The van der Waals surface area contributed by atoms with Crippen LogP contribution >= 0.6 is 0 Å². The maximum atomic E-state index is 13.3. The van der Waals surface area contributed by atoms with Gasteiger partial charge in [0.2, 0.25) is 11.6 Å². The minimum atomic E-state index is -4.07. The molecule has 40 heavy (non-hydrogen) atoms. The van der Waals surface area contributed by atoms with E-state index in [1.165, 1.54) is 74.9 Å². The lowest BCUT2D eigenvalue weighted by atomic mass is 9.89. The lowest BCUT2D eigenvalue weighted by Gasteiger charge is -2.19. The van der Waals surface area contributed by atoms with Gasteiger partial charge in [-0.25, -0.2) is 26.8 Å². The van der Waals surface area contributed by atoms with Crippen molar-refractivity contribution in [1.29, 1.82) is 0 Å². The SMILES string of the molecule is COc1ccc(S(=O)(=O)Cc2nc3c(nc2CS(=O)(=O)c2ccc(OC)cc2)C(=O)c2ccccc2C3=O)cc1. The summed E-state index contributed by atoms with van der Waals surface area (Å²) in [4.78, 5) is 34.9. The number of benzene rings is 3. The van der Waals surface area contributed by atoms with Gasteiger partial charge in [0.1, 0.15) is 22.9 Å².